The summed E-state index contributed by atoms with van der Waals surface area (Å²) in [5.74, 6) is -0.483. The minimum Gasteiger partial charge on any atom is -0.366 e. The van der Waals surface area contributed by atoms with Gasteiger partial charge in [-0.05, 0) is 11.6 Å². The maximum atomic E-state index is 10.9. The molecule has 0 bridgehead atoms. The quantitative estimate of drug-likeness (QED) is 0.638. The molecule has 0 atom stereocenters. The molecule has 68 valence electrons. The highest BCUT2D eigenvalue weighted by molar-refractivity contribution is 5.94. The van der Waals surface area contributed by atoms with Gasteiger partial charge in [0.05, 0.1) is 0 Å². The highest BCUT2D eigenvalue weighted by Gasteiger charge is 2.05. The summed E-state index contributed by atoms with van der Waals surface area (Å²) in [5, 5.41) is 2.47. The Balaban J connectivity index is 2.90. The van der Waals surface area contributed by atoms with Gasteiger partial charge in [0, 0.05) is 12.1 Å². The zero-order valence-electron chi connectivity index (χ0n) is 6.99. The number of rotatable bonds is 4. The Kier molecular flexibility index (Phi) is 3.03. The van der Waals surface area contributed by atoms with Gasteiger partial charge in [-0.15, -0.1) is 0 Å². The second kappa shape index (κ2) is 4.25. The number of amides is 2. The van der Waals surface area contributed by atoms with Crippen molar-refractivity contribution in [3.8, 4) is 0 Å². The van der Waals surface area contributed by atoms with Gasteiger partial charge in [-0.1, -0.05) is 18.2 Å². The molecule has 2 amide bonds. The van der Waals surface area contributed by atoms with E-state index in [2.05, 4.69) is 5.32 Å². The number of nitrogens with one attached hydrogen (secondary N) is 1. The second-order valence-electron chi connectivity index (χ2n) is 2.52. The molecular weight excluding hydrogens is 168 g/mol. The largest absolute Gasteiger partial charge is 0.366 e. The lowest BCUT2D eigenvalue weighted by Crippen LogP contribution is -2.17. The van der Waals surface area contributed by atoms with Crippen LogP contribution in [0, 0.1) is 0 Å². The van der Waals surface area contributed by atoms with Gasteiger partial charge in [-0.3, -0.25) is 9.59 Å². The zero-order valence-corrected chi connectivity index (χ0v) is 6.99. The summed E-state index contributed by atoms with van der Waals surface area (Å²) in [6.45, 7) is 0.322. The van der Waals surface area contributed by atoms with Crippen LogP contribution in [-0.4, -0.2) is 12.3 Å². The lowest BCUT2D eigenvalue weighted by atomic mass is 10.1. The summed E-state index contributed by atoms with van der Waals surface area (Å²) in [5.41, 5.74) is 6.30. The number of benzene rings is 1. The van der Waals surface area contributed by atoms with Crippen LogP contribution in [0.2, 0.25) is 0 Å². The van der Waals surface area contributed by atoms with Gasteiger partial charge in [-0.2, -0.15) is 0 Å². The van der Waals surface area contributed by atoms with Crippen molar-refractivity contribution < 1.29 is 9.59 Å². The van der Waals surface area contributed by atoms with Crippen LogP contribution in [-0.2, 0) is 11.3 Å². The van der Waals surface area contributed by atoms with E-state index in [4.69, 9.17) is 5.73 Å². The van der Waals surface area contributed by atoms with Crippen molar-refractivity contribution in [2.45, 2.75) is 6.54 Å². The van der Waals surface area contributed by atoms with Crippen molar-refractivity contribution >= 4 is 12.3 Å². The standard InChI is InChI=1S/C9H10N2O2/c10-9(13)8-4-2-1-3-7(8)5-11-6-12/h1-4,6H,5H2,(H2,10,13)(H,11,12). The molecule has 0 aliphatic heterocycles. The van der Waals surface area contributed by atoms with Crippen LogP contribution in [0.25, 0.3) is 0 Å². The molecule has 0 fully saturated rings. The maximum absolute atomic E-state index is 10.9. The van der Waals surface area contributed by atoms with E-state index in [1.54, 1.807) is 24.3 Å². The van der Waals surface area contributed by atoms with Gasteiger partial charge in [0.2, 0.25) is 12.3 Å². The van der Waals surface area contributed by atoms with E-state index in [0.717, 1.165) is 5.56 Å². The Labute approximate surface area is 75.7 Å². The monoisotopic (exact) mass is 178 g/mol. The van der Waals surface area contributed by atoms with Gasteiger partial charge >= 0.3 is 0 Å². The first kappa shape index (κ1) is 9.25. The van der Waals surface area contributed by atoms with Gasteiger partial charge in [-0.25, -0.2) is 0 Å². The number of primary amides is 1. The van der Waals surface area contributed by atoms with E-state index in [-0.39, 0.29) is 0 Å². The first-order valence-electron chi connectivity index (χ1n) is 3.80. The topological polar surface area (TPSA) is 72.2 Å². The van der Waals surface area contributed by atoms with Crippen molar-refractivity contribution in [1.29, 1.82) is 0 Å². The van der Waals surface area contributed by atoms with Crippen LogP contribution in [0.5, 0.6) is 0 Å². The summed E-state index contributed by atoms with van der Waals surface area (Å²) >= 11 is 0. The number of carbonyl (C=O) groups excluding carboxylic acids is 2. The minimum atomic E-state index is -0.483. The van der Waals surface area contributed by atoms with Gasteiger partial charge < -0.3 is 11.1 Å². The van der Waals surface area contributed by atoms with Crippen LogP contribution >= 0.6 is 0 Å². The zero-order chi connectivity index (χ0) is 9.68. The van der Waals surface area contributed by atoms with E-state index in [9.17, 15) is 9.59 Å². The number of hydrogen-bond donors (Lipinski definition) is 2. The van der Waals surface area contributed by atoms with E-state index < -0.39 is 5.91 Å². The molecule has 0 aliphatic carbocycles. The third-order valence-electron chi connectivity index (χ3n) is 1.66. The molecule has 1 rings (SSSR count). The molecular formula is C9H10N2O2. The molecule has 3 N–H and O–H groups in total. The third-order valence-corrected chi connectivity index (χ3v) is 1.66. The van der Waals surface area contributed by atoms with Crippen LogP contribution < -0.4 is 11.1 Å². The Morgan fingerprint density at radius 3 is 2.77 bits per heavy atom. The Hall–Kier alpha value is -1.84. The number of hydrogen-bond acceptors (Lipinski definition) is 2. The van der Waals surface area contributed by atoms with Crippen LogP contribution in [0.15, 0.2) is 24.3 Å². The van der Waals surface area contributed by atoms with Crippen LogP contribution in [0.1, 0.15) is 15.9 Å². The highest BCUT2D eigenvalue weighted by Crippen LogP contribution is 2.06. The minimum absolute atomic E-state index is 0.322. The van der Waals surface area contributed by atoms with E-state index in [0.29, 0.717) is 18.5 Å². The Bertz CT molecular complexity index is 323. The second-order valence-corrected chi connectivity index (χ2v) is 2.52. The first-order valence-corrected chi connectivity index (χ1v) is 3.80. The summed E-state index contributed by atoms with van der Waals surface area (Å²) in [7, 11) is 0. The molecule has 0 saturated heterocycles. The molecule has 1 aromatic carbocycles. The van der Waals surface area contributed by atoms with Gasteiger partial charge in [0.1, 0.15) is 0 Å². The van der Waals surface area contributed by atoms with Crippen LogP contribution in [0.3, 0.4) is 0 Å². The number of nitrogens with two attached hydrogens (primary N) is 1. The molecule has 4 heteroatoms. The highest BCUT2D eigenvalue weighted by atomic mass is 16.1. The lowest BCUT2D eigenvalue weighted by Gasteiger charge is -2.04. The van der Waals surface area contributed by atoms with Gasteiger partial charge in [0.15, 0.2) is 0 Å². The molecule has 4 nitrogen and oxygen atoms in total. The molecule has 13 heavy (non-hydrogen) atoms. The van der Waals surface area contributed by atoms with Crippen molar-refractivity contribution in [2.75, 3.05) is 0 Å². The van der Waals surface area contributed by atoms with Crippen LogP contribution in [0.4, 0.5) is 0 Å². The first-order chi connectivity index (χ1) is 6.25. The maximum Gasteiger partial charge on any atom is 0.249 e. The summed E-state index contributed by atoms with van der Waals surface area (Å²) < 4.78 is 0. The van der Waals surface area contributed by atoms with Crippen molar-refractivity contribution in [1.82, 2.24) is 5.32 Å². The fourth-order valence-electron chi connectivity index (χ4n) is 1.07. The summed E-state index contributed by atoms with van der Waals surface area (Å²) in [6, 6.07) is 6.89. The summed E-state index contributed by atoms with van der Waals surface area (Å²) in [6.07, 6.45) is 0.581. The summed E-state index contributed by atoms with van der Waals surface area (Å²) in [4.78, 5) is 20.9. The molecule has 0 aliphatic rings. The molecule has 0 heterocycles. The molecule has 1 aromatic rings. The molecule has 0 spiro atoms. The average Bonchev–Trinajstić information content (AvgIpc) is 2.15. The van der Waals surface area contributed by atoms with Crippen molar-refractivity contribution in [3.63, 3.8) is 0 Å². The predicted octanol–water partition coefficient (Wildman–Crippen LogP) is 0.0315. The third kappa shape index (κ3) is 2.30. The lowest BCUT2D eigenvalue weighted by molar-refractivity contribution is -0.109. The SMILES string of the molecule is NC(=O)c1ccccc1CNC=O. The normalized spacial score (nSPS) is 9.23. The van der Waals surface area contributed by atoms with Crippen molar-refractivity contribution in [3.05, 3.63) is 35.4 Å². The predicted molar refractivity (Wildman–Crippen MR) is 47.9 cm³/mol. The Morgan fingerprint density at radius 2 is 2.15 bits per heavy atom. The Morgan fingerprint density at radius 1 is 1.46 bits per heavy atom. The molecule has 0 aromatic heterocycles. The fraction of sp³-hybridized carbons (Fsp3) is 0.111. The average molecular weight is 178 g/mol. The fourth-order valence-corrected chi connectivity index (χ4v) is 1.07. The van der Waals surface area contributed by atoms with E-state index >= 15 is 0 Å². The molecule has 0 radical (unpaired) electrons. The van der Waals surface area contributed by atoms with E-state index in [1.165, 1.54) is 0 Å². The van der Waals surface area contributed by atoms with E-state index in [1.807, 2.05) is 0 Å². The smallest absolute Gasteiger partial charge is 0.249 e. The van der Waals surface area contributed by atoms with Crippen molar-refractivity contribution in [2.24, 2.45) is 5.73 Å². The van der Waals surface area contributed by atoms with Gasteiger partial charge in [0.25, 0.3) is 0 Å². The molecule has 0 saturated carbocycles. The number of carbonyl (C=O) groups is 2. The molecule has 0 unspecified atom stereocenters.